The molecular weight excluding hydrogens is 300 g/mol. The number of likely N-dealkylation sites (N-methyl/N-ethyl adjacent to an activating group) is 2. The first kappa shape index (κ1) is 16.7. The van der Waals surface area contributed by atoms with Gasteiger partial charge in [-0.1, -0.05) is 18.2 Å². The number of aromatic nitrogens is 2. The van der Waals surface area contributed by atoms with E-state index >= 15 is 0 Å². The van der Waals surface area contributed by atoms with Crippen LogP contribution in [0.15, 0.2) is 36.4 Å². The number of benzene rings is 1. The maximum absolute atomic E-state index is 4.51. The lowest BCUT2D eigenvalue weighted by Gasteiger charge is -2.37. The standard InChI is InChI=1S/C18H26N6/c1-14-20-17(19-12-16-13-23(2)9-10-24(16)3)11-18(21-14)22-15-7-5-4-6-8-15/h4-8,11,16H,9-10,12-13H2,1-3H3,(H2,19,20,21,22). The third-order valence-corrected chi connectivity index (χ3v) is 4.38. The Balaban J connectivity index is 1.65. The molecule has 2 N–H and O–H groups in total. The number of nitrogens with one attached hydrogen (secondary N) is 2. The summed E-state index contributed by atoms with van der Waals surface area (Å²) in [7, 11) is 4.36. The van der Waals surface area contributed by atoms with Gasteiger partial charge in [-0.05, 0) is 33.2 Å². The van der Waals surface area contributed by atoms with Gasteiger partial charge in [0.15, 0.2) is 0 Å². The van der Waals surface area contributed by atoms with Crippen LogP contribution in [0.25, 0.3) is 0 Å². The van der Waals surface area contributed by atoms with Crippen LogP contribution in [0, 0.1) is 6.92 Å². The highest BCUT2D eigenvalue weighted by atomic mass is 15.3. The van der Waals surface area contributed by atoms with Gasteiger partial charge in [0, 0.05) is 44.0 Å². The fraction of sp³-hybridized carbons (Fsp3) is 0.444. The van der Waals surface area contributed by atoms with Crippen molar-refractivity contribution in [3.63, 3.8) is 0 Å². The lowest BCUT2D eigenvalue weighted by Crippen LogP contribution is -2.52. The van der Waals surface area contributed by atoms with E-state index in [2.05, 4.69) is 44.5 Å². The molecule has 6 nitrogen and oxygen atoms in total. The number of nitrogens with zero attached hydrogens (tertiary/aromatic N) is 4. The van der Waals surface area contributed by atoms with Crippen molar-refractivity contribution < 1.29 is 0 Å². The molecule has 1 atom stereocenters. The van der Waals surface area contributed by atoms with E-state index in [1.54, 1.807) is 0 Å². The smallest absolute Gasteiger partial charge is 0.136 e. The van der Waals surface area contributed by atoms with Gasteiger partial charge in [0.1, 0.15) is 17.5 Å². The van der Waals surface area contributed by atoms with Crippen molar-refractivity contribution in [3.05, 3.63) is 42.2 Å². The van der Waals surface area contributed by atoms with Gasteiger partial charge in [-0.15, -0.1) is 0 Å². The van der Waals surface area contributed by atoms with Crippen molar-refractivity contribution in [2.45, 2.75) is 13.0 Å². The average molecular weight is 326 g/mol. The predicted octanol–water partition coefficient (Wildman–Crippen LogP) is 2.19. The quantitative estimate of drug-likeness (QED) is 0.878. The maximum atomic E-state index is 4.51. The van der Waals surface area contributed by atoms with E-state index in [0.717, 1.165) is 49.3 Å². The summed E-state index contributed by atoms with van der Waals surface area (Å²) in [5, 5.41) is 6.80. The number of aryl methyl sites for hydroxylation is 1. The first-order valence-corrected chi connectivity index (χ1v) is 8.40. The Morgan fingerprint density at radius 1 is 1.08 bits per heavy atom. The van der Waals surface area contributed by atoms with Crippen LogP contribution in [0.5, 0.6) is 0 Å². The SMILES string of the molecule is Cc1nc(NCC2CN(C)CCN2C)cc(Nc2ccccc2)n1. The van der Waals surface area contributed by atoms with Crippen LogP contribution in [0.1, 0.15) is 5.82 Å². The van der Waals surface area contributed by atoms with Crippen molar-refractivity contribution in [3.8, 4) is 0 Å². The highest BCUT2D eigenvalue weighted by molar-refractivity contribution is 5.59. The summed E-state index contributed by atoms with van der Waals surface area (Å²) in [5.41, 5.74) is 1.02. The molecule has 3 rings (SSSR count). The van der Waals surface area contributed by atoms with Crippen molar-refractivity contribution in [1.29, 1.82) is 0 Å². The number of rotatable bonds is 5. The molecule has 0 amide bonds. The van der Waals surface area contributed by atoms with Crippen molar-refractivity contribution in [2.24, 2.45) is 0 Å². The van der Waals surface area contributed by atoms with Gasteiger partial charge in [0.05, 0.1) is 0 Å². The predicted molar refractivity (Wildman–Crippen MR) is 98.9 cm³/mol. The molecule has 0 spiro atoms. The highest BCUT2D eigenvalue weighted by Crippen LogP contribution is 2.17. The van der Waals surface area contributed by atoms with Gasteiger partial charge < -0.3 is 15.5 Å². The van der Waals surface area contributed by atoms with Crippen LogP contribution in [0.4, 0.5) is 17.3 Å². The number of hydrogen-bond acceptors (Lipinski definition) is 6. The van der Waals surface area contributed by atoms with Gasteiger partial charge in [-0.25, -0.2) is 9.97 Å². The second kappa shape index (κ2) is 7.59. The Hall–Kier alpha value is -2.18. The van der Waals surface area contributed by atoms with Crippen LogP contribution >= 0.6 is 0 Å². The minimum Gasteiger partial charge on any atom is -0.368 e. The number of piperazine rings is 1. The zero-order valence-corrected chi connectivity index (χ0v) is 14.7. The molecule has 1 fully saturated rings. The van der Waals surface area contributed by atoms with Crippen molar-refractivity contribution >= 4 is 17.3 Å². The lowest BCUT2D eigenvalue weighted by atomic mass is 10.2. The summed E-state index contributed by atoms with van der Waals surface area (Å²) < 4.78 is 0. The van der Waals surface area contributed by atoms with Crippen molar-refractivity contribution in [1.82, 2.24) is 19.8 Å². The van der Waals surface area contributed by atoms with E-state index in [9.17, 15) is 0 Å². The van der Waals surface area contributed by atoms with Gasteiger partial charge in [-0.2, -0.15) is 0 Å². The summed E-state index contributed by atoms with van der Waals surface area (Å²) in [6.45, 7) is 6.10. The molecule has 1 aromatic heterocycles. The normalized spacial score (nSPS) is 19.2. The highest BCUT2D eigenvalue weighted by Gasteiger charge is 2.21. The molecule has 0 saturated carbocycles. The lowest BCUT2D eigenvalue weighted by molar-refractivity contribution is 0.122. The largest absolute Gasteiger partial charge is 0.368 e. The molecule has 6 heteroatoms. The zero-order chi connectivity index (χ0) is 16.9. The molecule has 1 saturated heterocycles. The molecule has 0 radical (unpaired) electrons. The average Bonchev–Trinajstić information content (AvgIpc) is 2.56. The van der Waals surface area contributed by atoms with Crippen LogP contribution in [-0.2, 0) is 0 Å². The van der Waals surface area contributed by atoms with Crippen LogP contribution in [0.3, 0.4) is 0 Å². The van der Waals surface area contributed by atoms with E-state index in [1.165, 1.54) is 0 Å². The summed E-state index contributed by atoms with van der Waals surface area (Å²) >= 11 is 0. The zero-order valence-electron chi connectivity index (χ0n) is 14.7. The Labute approximate surface area is 143 Å². The Morgan fingerprint density at radius 2 is 1.83 bits per heavy atom. The third-order valence-electron chi connectivity index (χ3n) is 4.38. The molecule has 0 bridgehead atoms. The first-order chi connectivity index (χ1) is 11.6. The van der Waals surface area contributed by atoms with Gasteiger partial charge in [0.25, 0.3) is 0 Å². The Kier molecular flexibility index (Phi) is 5.27. The number of hydrogen-bond donors (Lipinski definition) is 2. The summed E-state index contributed by atoms with van der Waals surface area (Å²) in [4.78, 5) is 13.8. The van der Waals surface area contributed by atoms with E-state index in [-0.39, 0.29) is 0 Å². The number of anilines is 3. The van der Waals surface area contributed by atoms with E-state index in [4.69, 9.17) is 0 Å². The molecule has 1 aliphatic rings. The van der Waals surface area contributed by atoms with Crippen LogP contribution < -0.4 is 10.6 Å². The fourth-order valence-corrected chi connectivity index (χ4v) is 2.94. The molecule has 24 heavy (non-hydrogen) atoms. The fourth-order valence-electron chi connectivity index (χ4n) is 2.94. The van der Waals surface area contributed by atoms with E-state index in [0.29, 0.717) is 6.04 Å². The second-order valence-corrected chi connectivity index (χ2v) is 6.45. The van der Waals surface area contributed by atoms with Gasteiger partial charge in [-0.3, -0.25) is 4.90 Å². The molecule has 1 aromatic carbocycles. The Morgan fingerprint density at radius 3 is 2.62 bits per heavy atom. The molecule has 1 aliphatic heterocycles. The number of para-hydroxylation sites is 1. The van der Waals surface area contributed by atoms with E-state index in [1.807, 2.05) is 43.3 Å². The molecule has 2 heterocycles. The minimum absolute atomic E-state index is 0.490. The summed E-state index contributed by atoms with van der Waals surface area (Å²) in [6.07, 6.45) is 0. The molecular formula is C18H26N6. The maximum Gasteiger partial charge on any atom is 0.136 e. The van der Waals surface area contributed by atoms with Crippen LogP contribution in [0.2, 0.25) is 0 Å². The first-order valence-electron chi connectivity index (χ1n) is 8.40. The Bertz CT molecular complexity index is 660. The van der Waals surface area contributed by atoms with Crippen molar-refractivity contribution in [2.75, 3.05) is 50.9 Å². The topological polar surface area (TPSA) is 56.3 Å². The third kappa shape index (κ3) is 4.43. The second-order valence-electron chi connectivity index (χ2n) is 6.45. The molecule has 1 unspecified atom stereocenters. The van der Waals surface area contributed by atoms with Gasteiger partial charge in [0.2, 0.25) is 0 Å². The summed E-state index contributed by atoms with van der Waals surface area (Å²) in [5.74, 6) is 2.43. The molecule has 128 valence electrons. The molecule has 2 aromatic rings. The van der Waals surface area contributed by atoms with Gasteiger partial charge >= 0.3 is 0 Å². The minimum atomic E-state index is 0.490. The van der Waals surface area contributed by atoms with E-state index < -0.39 is 0 Å². The molecule has 0 aliphatic carbocycles. The van der Waals surface area contributed by atoms with Crippen LogP contribution in [-0.4, -0.2) is 66.1 Å². The monoisotopic (exact) mass is 326 g/mol. The summed E-state index contributed by atoms with van der Waals surface area (Å²) in [6, 6.07) is 12.5.